The number of amides is 4. The van der Waals surface area contributed by atoms with Gasteiger partial charge < -0.3 is 9.84 Å². The van der Waals surface area contributed by atoms with E-state index in [4.69, 9.17) is 27.9 Å². The van der Waals surface area contributed by atoms with E-state index in [0.717, 1.165) is 5.01 Å². The Balaban J connectivity index is 1.50. The molecule has 2 heterocycles. The van der Waals surface area contributed by atoms with Crippen molar-refractivity contribution < 1.29 is 34.2 Å². The van der Waals surface area contributed by atoms with E-state index in [0.29, 0.717) is 39.5 Å². The molecule has 4 amide bonds. The summed E-state index contributed by atoms with van der Waals surface area (Å²) in [7, 11) is 1.52. The highest BCUT2D eigenvalue weighted by Gasteiger charge is 2.70. The maximum atomic E-state index is 15.2. The van der Waals surface area contributed by atoms with Crippen LogP contribution in [0.1, 0.15) is 35.4 Å². The molecule has 48 heavy (non-hydrogen) atoms. The smallest absolute Gasteiger partial charge is 0.260 e. The van der Waals surface area contributed by atoms with Gasteiger partial charge in [0, 0.05) is 16.5 Å². The first-order valence-corrected chi connectivity index (χ1v) is 16.2. The number of allylic oxidation sites excluding steroid dienone is 3. The molecule has 0 unspecified atom stereocenters. The number of ether oxygens (including phenoxy) is 1. The number of para-hydroxylation sites is 1. The van der Waals surface area contributed by atoms with E-state index in [2.05, 4.69) is 12.0 Å². The van der Waals surface area contributed by atoms with Crippen molar-refractivity contribution >= 4 is 52.5 Å². The van der Waals surface area contributed by atoms with Gasteiger partial charge in [-0.15, -0.1) is 6.58 Å². The second kappa shape index (κ2) is 11.8. The number of carbonyl (C=O) groups is 4. The molecule has 0 bridgehead atoms. The molecule has 246 valence electrons. The molecule has 3 aromatic rings. The van der Waals surface area contributed by atoms with Crippen LogP contribution < -0.4 is 10.2 Å². The van der Waals surface area contributed by atoms with Gasteiger partial charge in [-0.25, -0.2) is 0 Å². The number of imide groups is 2. The summed E-state index contributed by atoms with van der Waals surface area (Å²) in [5, 5.41) is 23.9. The molecule has 4 aliphatic rings. The highest BCUT2D eigenvalue weighted by atomic mass is 35.5. The largest absolute Gasteiger partial charge is 0.507 e. The highest BCUT2D eigenvalue weighted by Crippen LogP contribution is 2.65. The molecule has 0 radical (unpaired) electrons. The van der Waals surface area contributed by atoms with E-state index in [1.165, 1.54) is 13.2 Å². The first-order valence-electron chi connectivity index (χ1n) is 15.5. The first kappa shape index (κ1) is 31.9. The van der Waals surface area contributed by atoms with Crippen molar-refractivity contribution in [1.29, 1.82) is 0 Å². The number of phenolic OH excluding ortho intramolecular Hbond substituents is 1. The molecule has 3 aromatic carbocycles. The van der Waals surface area contributed by atoms with Crippen LogP contribution >= 0.6 is 23.2 Å². The van der Waals surface area contributed by atoms with Crippen molar-refractivity contribution in [1.82, 2.24) is 10.1 Å². The summed E-state index contributed by atoms with van der Waals surface area (Å²) in [6, 6.07) is 16.7. The number of fused-ring (bicyclic) bond motifs is 4. The van der Waals surface area contributed by atoms with Crippen molar-refractivity contribution in [2.24, 2.45) is 23.7 Å². The number of halogens is 2. The number of hydrazine groups is 1. The summed E-state index contributed by atoms with van der Waals surface area (Å²) >= 11 is 12.6. The van der Waals surface area contributed by atoms with Crippen molar-refractivity contribution in [3.8, 4) is 11.5 Å². The van der Waals surface area contributed by atoms with E-state index in [9.17, 15) is 24.7 Å². The molecule has 12 heteroatoms. The number of nitrogens with zero attached hydrogens (tertiary/aromatic N) is 2. The van der Waals surface area contributed by atoms with Gasteiger partial charge in [0.1, 0.15) is 11.5 Å². The summed E-state index contributed by atoms with van der Waals surface area (Å²) in [4.78, 5) is 56.3. The Bertz CT molecular complexity index is 1930. The van der Waals surface area contributed by atoms with Gasteiger partial charge in [0.05, 0.1) is 41.0 Å². The van der Waals surface area contributed by atoms with Crippen LogP contribution in [-0.4, -0.2) is 51.1 Å². The van der Waals surface area contributed by atoms with Gasteiger partial charge in [-0.3, -0.25) is 29.8 Å². The molecule has 10 nitrogen and oxygen atoms in total. The molecule has 2 aliphatic heterocycles. The quantitative estimate of drug-likeness (QED) is 0.161. The fourth-order valence-electron chi connectivity index (χ4n) is 8.34. The number of phenols is 1. The standard InChI is InChI=1S/C36H31Cl2N3O7/c1-3-5-18-6-4-7-24(31(18)42)30-22-13-14-23-29(34(45)41(47)32(23)43)25(22)17-26-33(44)40(39-28-15-10-20(37)16-27(28)38)35(46)36(26,30)19-8-11-21(48-2)12-9-19/h3-4,6-13,15-16,23,25-26,29-30,39,42,47H,1,5,14,17H2,2H3/t23-,25+,26-,29-,30+,36+/m0/s1. The lowest BCUT2D eigenvalue weighted by Crippen LogP contribution is -2.53. The summed E-state index contributed by atoms with van der Waals surface area (Å²) < 4.78 is 5.42. The molecule has 0 aromatic heterocycles. The second-order valence-corrected chi connectivity index (χ2v) is 13.4. The molecule has 6 atom stereocenters. The zero-order chi connectivity index (χ0) is 34.1. The van der Waals surface area contributed by atoms with Gasteiger partial charge in [0.25, 0.3) is 23.6 Å². The first-order chi connectivity index (χ1) is 23.0. The predicted octanol–water partition coefficient (Wildman–Crippen LogP) is 5.81. The Morgan fingerprint density at radius 2 is 1.77 bits per heavy atom. The van der Waals surface area contributed by atoms with Crippen LogP contribution in [0, 0.1) is 23.7 Å². The fourth-order valence-corrected chi connectivity index (χ4v) is 8.79. The van der Waals surface area contributed by atoms with E-state index in [-0.39, 0.29) is 34.4 Å². The maximum Gasteiger partial charge on any atom is 0.260 e. The molecular formula is C36H31Cl2N3O7. The summed E-state index contributed by atoms with van der Waals surface area (Å²) in [6.45, 7) is 3.81. The number of hydrogen-bond donors (Lipinski definition) is 3. The lowest BCUT2D eigenvalue weighted by molar-refractivity contribution is -0.173. The number of rotatable bonds is 7. The van der Waals surface area contributed by atoms with Crippen LogP contribution in [0.25, 0.3) is 0 Å². The average Bonchev–Trinajstić information content (AvgIpc) is 3.43. The Morgan fingerprint density at radius 3 is 2.46 bits per heavy atom. The van der Waals surface area contributed by atoms with E-state index in [1.54, 1.807) is 60.7 Å². The Hall–Kier alpha value is -4.64. The molecule has 3 N–H and O–H groups in total. The van der Waals surface area contributed by atoms with Gasteiger partial charge in [-0.05, 0) is 66.6 Å². The Labute approximate surface area is 286 Å². The second-order valence-electron chi connectivity index (χ2n) is 12.5. The number of anilines is 1. The van der Waals surface area contributed by atoms with Crippen LogP contribution in [0.3, 0.4) is 0 Å². The van der Waals surface area contributed by atoms with Crippen molar-refractivity contribution in [2.45, 2.75) is 30.6 Å². The number of hydroxylamine groups is 2. The van der Waals surface area contributed by atoms with Gasteiger partial charge in [0.2, 0.25) is 0 Å². The van der Waals surface area contributed by atoms with Crippen molar-refractivity contribution in [2.75, 3.05) is 12.5 Å². The van der Waals surface area contributed by atoms with E-state index >= 15 is 4.79 Å². The molecule has 3 fully saturated rings. The third-order valence-corrected chi connectivity index (χ3v) is 10.9. The minimum absolute atomic E-state index is 0.0204. The van der Waals surface area contributed by atoms with Gasteiger partial charge in [0.15, 0.2) is 0 Å². The predicted molar refractivity (Wildman–Crippen MR) is 176 cm³/mol. The fraction of sp³-hybridized carbons (Fsp3) is 0.278. The third-order valence-electron chi connectivity index (χ3n) is 10.4. The van der Waals surface area contributed by atoms with Crippen LogP contribution in [0.5, 0.6) is 11.5 Å². The Morgan fingerprint density at radius 1 is 1.02 bits per heavy atom. The number of aromatic hydroxyl groups is 1. The SMILES string of the molecule is C=CCc1cccc([C@H]2C3=CC[C@@H]4C(=O)N(O)C(=O)[C@@H]4[C@@H]3C[C@H]3C(=O)N(Nc4ccc(Cl)cc4Cl)C(=O)[C@@]23c2ccc(OC)cc2)c1O. The lowest BCUT2D eigenvalue weighted by atomic mass is 9.49. The van der Waals surface area contributed by atoms with Crippen LogP contribution in [-0.2, 0) is 31.0 Å². The van der Waals surface area contributed by atoms with Crippen molar-refractivity contribution in [3.63, 3.8) is 0 Å². The molecular weight excluding hydrogens is 657 g/mol. The number of benzene rings is 3. The molecule has 2 saturated heterocycles. The lowest BCUT2D eigenvalue weighted by Gasteiger charge is -2.50. The average molecular weight is 689 g/mol. The highest BCUT2D eigenvalue weighted by molar-refractivity contribution is 6.36. The maximum absolute atomic E-state index is 15.2. The van der Waals surface area contributed by atoms with E-state index < -0.39 is 58.6 Å². The minimum Gasteiger partial charge on any atom is -0.507 e. The van der Waals surface area contributed by atoms with E-state index in [1.807, 2.05) is 6.08 Å². The molecule has 2 aliphatic carbocycles. The summed E-state index contributed by atoms with van der Waals surface area (Å²) in [5.41, 5.74) is 3.65. The summed E-state index contributed by atoms with van der Waals surface area (Å²) in [6.07, 6.45) is 3.98. The zero-order valence-electron chi connectivity index (χ0n) is 25.7. The number of carbonyl (C=O) groups excluding carboxylic acids is 4. The van der Waals surface area contributed by atoms with Crippen molar-refractivity contribution in [3.05, 3.63) is 112 Å². The van der Waals surface area contributed by atoms with Crippen LogP contribution in [0.15, 0.2) is 85.0 Å². The monoisotopic (exact) mass is 687 g/mol. The number of nitrogens with one attached hydrogen (secondary N) is 1. The van der Waals surface area contributed by atoms with Crippen LogP contribution in [0.2, 0.25) is 10.0 Å². The minimum atomic E-state index is -1.63. The van der Waals surface area contributed by atoms with Crippen LogP contribution in [0.4, 0.5) is 5.69 Å². The topological polar surface area (TPSA) is 136 Å². The molecule has 0 spiro atoms. The number of methoxy groups -OCH3 is 1. The zero-order valence-corrected chi connectivity index (χ0v) is 27.2. The number of hydrogen-bond acceptors (Lipinski definition) is 8. The third kappa shape index (κ3) is 4.50. The van der Waals surface area contributed by atoms with Gasteiger partial charge >= 0.3 is 0 Å². The summed E-state index contributed by atoms with van der Waals surface area (Å²) in [5.74, 6) is -6.65. The molecule has 1 saturated carbocycles. The Kier molecular flexibility index (Phi) is 7.85. The van der Waals surface area contributed by atoms with Gasteiger partial charge in [-0.1, -0.05) is 71.3 Å². The molecule has 7 rings (SSSR count). The normalized spacial score (nSPS) is 27.8. The van der Waals surface area contributed by atoms with Gasteiger partial charge in [-0.2, -0.15) is 10.1 Å².